The summed E-state index contributed by atoms with van der Waals surface area (Å²) in [6, 6.07) is 4.86. The van der Waals surface area contributed by atoms with Crippen LogP contribution in [0.25, 0.3) is 0 Å². The fourth-order valence-electron chi connectivity index (χ4n) is 2.49. The number of carbonyl (C=O) groups is 1. The van der Waals surface area contributed by atoms with E-state index in [1.165, 1.54) is 19.3 Å². The zero-order valence-electron chi connectivity index (χ0n) is 9.89. The number of pyridine rings is 1. The number of anilines is 1. The standard InChI is InChI=1S/C13H18N2O/c1-10-4-3-5-11(2)15(10)13-7-6-12(9-16)8-14-13/h6-11H,3-5H2,1-2H3. The van der Waals surface area contributed by atoms with Crippen LogP contribution in [0.4, 0.5) is 5.82 Å². The Balaban J connectivity index is 2.23. The van der Waals surface area contributed by atoms with Gasteiger partial charge in [0.2, 0.25) is 0 Å². The van der Waals surface area contributed by atoms with Crippen molar-refractivity contribution in [3.63, 3.8) is 0 Å². The Morgan fingerprint density at radius 1 is 1.31 bits per heavy atom. The van der Waals surface area contributed by atoms with E-state index in [4.69, 9.17) is 0 Å². The van der Waals surface area contributed by atoms with Crippen LogP contribution in [0.5, 0.6) is 0 Å². The molecule has 1 aromatic heterocycles. The highest BCUT2D eigenvalue weighted by Gasteiger charge is 2.25. The summed E-state index contributed by atoms with van der Waals surface area (Å²) in [6.07, 6.45) is 6.23. The van der Waals surface area contributed by atoms with Crippen LogP contribution in [0, 0.1) is 0 Å². The van der Waals surface area contributed by atoms with E-state index in [2.05, 4.69) is 23.7 Å². The van der Waals surface area contributed by atoms with Crippen LogP contribution in [-0.2, 0) is 0 Å². The first-order chi connectivity index (χ1) is 7.72. The summed E-state index contributed by atoms with van der Waals surface area (Å²) >= 11 is 0. The van der Waals surface area contributed by atoms with Gasteiger partial charge >= 0.3 is 0 Å². The smallest absolute Gasteiger partial charge is 0.151 e. The molecule has 2 atom stereocenters. The molecule has 86 valence electrons. The van der Waals surface area contributed by atoms with Crippen molar-refractivity contribution in [3.05, 3.63) is 23.9 Å². The second-order valence-corrected chi connectivity index (χ2v) is 4.60. The van der Waals surface area contributed by atoms with Gasteiger partial charge in [0.05, 0.1) is 0 Å². The van der Waals surface area contributed by atoms with Crippen molar-refractivity contribution in [2.24, 2.45) is 0 Å². The molecule has 2 unspecified atom stereocenters. The number of hydrogen-bond acceptors (Lipinski definition) is 3. The van der Waals surface area contributed by atoms with Crippen LogP contribution in [0.2, 0.25) is 0 Å². The molecule has 3 nitrogen and oxygen atoms in total. The fourth-order valence-corrected chi connectivity index (χ4v) is 2.49. The Bertz CT molecular complexity index is 351. The topological polar surface area (TPSA) is 33.2 Å². The van der Waals surface area contributed by atoms with Crippen LogP contribution in [0.1, 0.15) is 43.5 Å². The van der Waals surface area contributed by atoms with Crippen molar-refractivity contribution >= 4 is 12.1 Å². The van der Waals surface area contributed by atoms with Crippen molar-refractivity contribution in [2.45, 2.75) is 45.2 Å². The Morgan fingerprint density at radius 2 is 2.00 bits per heavy atom. The Kier molecular flexibility index (Phi) is 3.22. The van der Waals surface area contributed by atoms with Crippen molar-refractivity contribution < 1.29 is 4.79 Å². The maximum atomic E-state index is 10.6. The molecule has 1 aromatic rings. The maximum Gasteiger partial charge on any atom is 0.151 e. The van der Waals surface area contributed by atoms with Gasteiger partial charge < -0.3 is 4.90 Å². The van der Waals surface area contributed by atoms with E-state index in [1.807, 2.05) is 12.1 Å². The molecule has 1 aliphatic rings. The molecular formula is C13H18N2O. The predicted molar refractivity (Wildman–Crippen MR) is 64.9 cm³/mol. The lowest BCUT2D eigenvalue weighted by molar-refractivity contribution is 0.112. The molecule has 1 aliphatic heterocycles. The molecule has 0 aromatic carbocycles. The number of nitrogens with zero attached hydrogens (tertiary/aromatic N) is 2. The third-order valence-electron chi connectivity index (χ3n) is 3.36. The summed E-state index contributed by atoms with van der Waals surface area (Å²) in [6.45, 7) is 4.48. The number of rotatable bonds is 2. The van der Waals surface area contributed by atoms with Crippen LogP contribution < -0.4 is 4.90 Å². The molecule has 0 radical (unpaired) electrons. The van der Waals surface area contributed by atoms with Gasteiger partial charge in [-0.25, -0.2) is 4.98 Å². The highest BCUT2D eigenvalue weighted by molar-refractivity contribution is 5.74. The van der Waals surface area contributed by atoms with E-state index < -0.39 is 0 Å². The quantitative estimate of drug-likeness (QED) is 0.715. The number of carbonyl (C=O) groups excluding carboxylic acids is 1. The van der Waals surface area contributed by atoms with Crippen LogP contribution in [0.3, 0.4) is 0 Å². The SMILES string of the molecule is CC1CCCC(C)N1c1ccc(C=O)cn1. The molecule has 0 spiro atoms. The third-order valence-corrected chi connectivity index (χ3v) is 3.36. The van der Waals surface area contributed by atoms with E-state index >= 15 is 0 Å². The average Bonchev–Trinajstić information content (AvgIpc) is 2.30. The maximum absolute atomic E-state index is 10.6. The summed E-state index contributed by atoms with van der Waals surface area (Å²) in [5.41, 5.74) is 0.640. The van der Waals surface area contributed by atoms with Crippen LogP contribution in [-0.4, -0.2) is 23.4 Å². The lowest BCUT2D eigenvalue weighted by Gasteiger charge is -2.40. The minimum Gasteiger partial charge on any atom is -0.351 e. The van der Waals surface area contributed by atoms with Gasteiger partial charge in [-0.3, -0.25) is 4.79 Å². The molecule has 1 saturated heterocycles. The summed E-state index contributed by atoms with van der Waals surface area (Å²) in [7, 11) is 0. The van der Waals surface area contributed by atoms with Gasteiger partial charge in [-0.1, -0.05) is 0 Å². The van der Waals surface area contributed by atoms with Gasteiger partial charge in [-0.2, -0.15) is 0 Å². The minimum atomic E-state index is 0.540. The largest absolute Gasteiger partial charge is 0.351 e. The van der Waals surface area contributed by atoms with Crippen molar-refractivity contribution in [1.29, 1.82) is 0 Å². The van der Waals surface area contributed by atoms with Gasteiger partial charge in [-0.05, 0) is 45.2 Å². The van der Waals surface area contributed by atoms with Gasteiger partial charge in [0.25, 0.3) is 0 Å². The molecule has 3 heteroatoms. The summed E-state index contributed by atoms with van der Waals surface area (Å²) < 4.78 is 0. The van der Waals surface area contributed by atoms with Crippen LogP contribution >= 0.6 is 0 Å². The number of aldehydes is 1. The number of piperidine rings is 1. The van der Waals surface area contributed by atoms with E-state index in [9.17, 15) is 4.79 Å². The monoisotopic (exact) mass is 218 g/mol. The van der Waals surface area contributed by atoms with Crippen molar-refractivity contribution in [2.75, 3.05) is 4.90 Å². The Hall–Kier alpha value is -1.38. The molecule has 0 N–H and O–H groups in total. The summed E-state index contributed by atoms with van der Waals surface area (Å²) in [5, 5.41) is 0. The van der Waals surface area contributed by atoms with Gasteiger partial charge in [0.1, 0.15) is 5.82 Å². The third kappa shape index (κ3) is 2.08. The molecule has 2 rings (SSSR count). The minimum absolute atomic E-state index is 0.540. The second-order valence-electron chi connectivity index (χ2n) is 4.60. The van der Waals surface area contributed by atoms with E-state index in [0.717, 1.165) is 12.1 Å². The first kappa shape index (κ1) is 11.1. The molecule has 0 saturated carbocycles. The molecule has 0 bridgehead atoms. The lowest BCUT2D eigenvalue weighted by atomic mass is 9.97. The van der Waals surface area contributed by atoms with Gasteiger partial charge in [0, 0.05) is 23.8 Å². The molecule has 0 amide bonds. The number of aromatic nitrogens is 1. The number of hydrogen-bond donors (Lipinski definition) is 0. The van der Waals surface area contributed by atoms with Crippen LogP contribution in [0.15, 0.2) is 18.3 Å². The molecule has 2 heterocycles. The predicted octanol–water partition coefficient (Wildman–Crippen LogP) is 2.66. The lowest BCUT2D eigenvalue weighted by Crippen LogP contribution is -2.44. The zero-order chi connectivity index (χ0) is 11.5. The van der Waals surface area contributed by atoms with Crippen molar-refractivity contribution in [1.82, 2.24) is 4.98 Å². The molecule has 0 aliphatic carbocycles. The normalized spacial score (nSPS) is 25.5. The van der Waals surface area contributed by atoms with Gasteiger partial charge in [-0.15, -0.1) is 0 Å². The van der Waals surface area contributed by atoms with E-state index in [1.54, 1.807) is 6.20 Å². The zero-order valence-corrected chi connectivity index (χ0v) is 9.89. The van der Waals surface area contributed by atoms with E-state index in [-0.39, 0.29) is 0 Å². The summed E-state index contributed by atoms with van der Waals surface area (Å²) in [4.78, 5) is 17.3. The summed E-state index contributed by atoms with van der Waals surface area (Å²) in [5.74, 6) is 0.991. The highest BCUT2D eigenvalue weighted by Crippen LogP contribution is 2.27. The molecular weight excluding hydrogens is 200 g/mol. The molecule has 1 fully saturated rings. The van der Waals surface area contributed by atoms with E-state index in [0.29, 0.717) is 17.6 Å². The van der Waals surface area contributed by atoms with Gasteiger partial charge in [0.15, 0.2) is 6.29 Å². The average molecular weight is 218 g/mol. The first-order valence-corrected chi connectivity index (χ1v) is 5.92. The Morgan fingerprint density at radius 3 is 2.50 bits per heavy atom. The highest BCUT2D eigenvalue weighted by atomic mass is 16.1. The molecule has 16 heavy (non-hydrogen) atoms. The second kappa shape index (κ2) is 4.64. The Labute approximate surface area is 96.5 Å². The van der Waals surface area contributed by atoms with Crippen molar-refractivity contribution in [3.8, 4) is 0 Å². The first-order valence-electron chi connectivity index (χ1n) is 5.92. The fraction of sp³-hybridized carbons (Fsp3) is 0.538.